The third-order valence-corrected chi connectivity index (χ3v) is 5.93. The third-order valence-electron chi connectivity index (χ3n) is 5.93. The lowest BCUT2D eigenvalue weighted by atomic mass is 10.1. The van der Waals surface area contributed by atoms with E-state index < -0.39 is 0 Å². The third kappa shape index (κ3) is 6.49. The summed E-state index contributed by atoms with van der Waals surface area (Å²) in [5, 5.41) is 3.54. The molecule has 156 valence electrons. The first-order chi connectivity index (χ1) is 13.8. The Hall–Kier alpha value is -1.59. The second kappa shape index (κ2) is 11.4. The minimum absolute atomic E-state index is 0.413. The van der Waals surface area contributed by atoms with Crippen LogP contribution in [0, 0.1) is 0 Å². The fourth-order valence-corrected chi connectivity index (χ4v) is 4.30. The molecule has 3 rings (SSSR count). The highest BCUT2D eigenvalue weighted by atomic mass is 16.5. The summed E-state index contributed by atoms with van der Waals surface area (Å²) >= 11 is 0. The van der Waals surface area contributed by atoms with Gasteiger partial charge in [-0.15, -0.1) is 0 Å². The van der Waals surface area contributed by atoms with Gasteiger partial charge >= 0.3 is 0 Å². The van der Waals surface area contributed by atoms with Crippen LogP contribution < -0.4 is 5.32 Å². The van der Waals surface area contributed by atoms with E-state index in [9.17, 15) is 0 Å². The first kappa shape index (κ1) is 21.1. The van der Waals surface area contributed by atoms with Crippen LogP contribution in [0.2, 0.25) is 0 Å². The average Bonchev–Trinajstić information content (AvgIpc) is 3.00. The number of nitrogens with zero attached hydrogens (tertiary/aromatic N) is 3. The van der Waals surface area contributed by atoms with Crippen molar-refractivity contribution in [2.75, 3.05) is 39.8 Å². The van der Waals surface area contributed by atoms with Crippen molar-refractivity contribution in [1.29, 1.82) is 0 Å². The first-order valence-electron chi connectivity index (χ1n) is 11.2. The van der Waals surface area contributed by atoms with Crippen LogP contribution in [-0.2, 0) is 17.8 Å². The molecule has 0 aliphatic carbocycles. The van der Waals surface area contributed by atoms with E-state index in [0.29, 0.717) is 6.10 Å². The molecule has 2 fully saturated rings. The predicted molar refractivity (Wildman–Crippen MR) is 117 cm³/mol. The van der Waals surface area contributed by atoms with Crippen LogP contribution >= 0.6 is 0 Å². The van der Waals surface area contributed by atoms with Gasteiger partial charge in [-0.25, -0.2) is 0 Å². The van der Waals surface area contributed by atoms with Gasteiger partial charge < -0.3 is 15.0 Å². The van der Waals surface area contributed by atoms with Gasteiger partial charge in [0.2, 0.25) is 0 Å². The van der Waals surface area contributed by atoms with Gasteiger partial charge in [0, 0.05) is 39.8 Å². The fourth-order valence-electron chi connectivity index (χ4n) is 4.30. The maximum Gasteiger partial charge on any atom is 0.193 e. The number of nitrogens with one attached hydrogen (secondary N) is 1. The van der Waals surface area contributed by atoms with Gasteiger partial charge in [-0.1, -0.05) is 37.1 Å². The quantitative estimate of drug-likeness (QED) is 0.599. The number of rotatable bonds is 6. The zero-order chi connectivity index (χ0) is 19.6. The molecule has 1 aromatic rings. The molecule has 2 heterocycles. The number of hydrogen-bond acceptors (Lipinski definition) is 3. The van der Waals surface area contributed by atoms with Crippen LogP contribution in [0.15, 0.2) is 29.3 Å². The first-order valence-corrected chi connectivity index (χ1v) is 11.2. The van der Waals surface area contributed by atoms with Crippen molar-refractivity contribution >= 4 is 5.96 Å². The Kier molecular flexibility index (Phi) is 8.62. The van der Waals surface area contributed by atoms with E-state index >= 15 is 0 Å². The summed E-state index contributed by atoms with van der Waals surface area (Å²) in [7, 11) is 1.88. The van der Waals surface area contributed by atoms with E-state index in [2.05, 4.69) is 51.3 Å². The van der Waals surface area contributed by atoms with Gasteiger partial charge in [0.15, 0.2) is 5.96 Å². The van der Waals surface area contributed by atoms with Crippen molar-refractivity contribution in [2.24, 2.45) is 4.99 Å². The van der Waals surface area contributed by atoms with Crippen molar-refractivity contribution in [3.63, 3.8) is 0 Å². The van der Waals surface area contributed by atoms with Gasteiger partial charge in [0.1, 0.15) is 0 Å². The Labute approximate surface area is 171 Å². The van der Waals surface area contributed by atoms with E-state index in [1.54, 1.807) is 0 Å². The van der Waals surface area contributed by atoms with Gasteiger partial charge in [-0.3, -0.25) is 9.89 Å². The highest BCUT2D eigenvalue weighted by Gasteiger charge is 2.21. The summed E-state index contributed by atoms with van der Waals surface area (Å²) in [5.41, 5.74) is 2.73. The summed E-state index contributed by atoms with van der Waals surface area (Å²) in [6.45, 7) is 9.32. The number of guanidine groups is 1. The molecule has 1 N–H and O–H groups in total. The Bertz CT molecular complexity index is 585. The summed E-state index contributed by atoms with van der Waals surface area (Å²) in [6, 6.07) is 9.10. The maximum absolute atomic E-state index is 5.76. The minimum Gasteiger partial charge on any atom is -0.378 e. The summed E-state index contributed by atoms with van der Waals surface area (Å²) in [6.07, 6.45) is 8.07. The molecule has 0 amide bonds. The van der Waals surface area contributed by atoms with Crippen LogP contribution in [-0.4, -0.2) is 61.7 Å². The van der Waals surface area contributed by atoms with E-state index in [1.165, 1.54) is 49.9 Å². The summed E-state index contributed by atoms with van der Waals surface area (Å²) in [4.78, 5) is 9.44. The molecular formula is C23H38N4O. The molecule has 0 spiro atoms. The molecule has 2 aliphatic rings. The van der Waals surface area contributed by atoms with E-state index in [1.807, 2.05) is 7.05 Å². The van der Waals surface area contributed by atoms with Gasteiger partial charge in [0.05, 0.1) is 6.10 Å². The molecule has 0 atom stereocenters. The van der Waals surface area contributed by atoms with Crippen molar-refractivity contribution in [1.82, 2.24) is 15.1 Å². The normalized spacial score (nSPS) is 20.2. The monoisotopic (exact) mass is 386 g/mol. The highest BCUT2D eigenvalue weighted by molar-refractivity contribution is 5.79. The average molecular weight is 387 g/mol. The number of benzene rings is 1. The number of ether oxygens (including phenoxy) is 1. The van der Waals surface area contributed by atoms with Gasteiger partial charge in [-0.2, -0.15) is 0 Å². The smallest absolute Gasteiger partial charge is 0.193 e. The van der Waals surface area contributed by atoms with Crippen LogP contribution in [0.25, 0.3) is 0 Å². The van der Waals surface area contributed by atoms with E-state index in [4.69, 9.17) is 4.74 Å². The van der Waals surface area contributed by atoms with E-state index in [-0.39, 0.29) is 0 Å². The van der Waals surface area contributed by atoms with Crippen molar-refractivity contribution in [3.8, 4) is 0 Å². The summed E-state index contributed by atoms with van der Waals surface area (Å²) < 4.78 is 5.76. The van der Waals surface area contributed by atoms with Crippen molar-refractivity contribution in [3.05, 3.63) is 35.4 Å². The zero-order valence-electron chi connectivity index (χ0n) is 17.8. The van der Waals surface area contributed by atoms with Crippen LogP contribution in [0.4, 0.5) is 0 Å². The lowest BCUT2D eigenvalue weighted by Crippen LogP contribution is -2.46. The second-order valence-corrected chi connectivity index (χ2v) is 8.05. The second-order valence-electron chi connectivity index (χ2n) is 8.05. The molecule has 0 unspecified atom stereocenters. The molecule has 0 radical (unpaired) electrons. The fraction of sp³-hybridized carbons (Fsp3) is 0.696. The minimum atomic E-state index is 0.413. The zero-order valence-corrected chi connectivity index (χ0v) is 17.8. The molecule has 2 saturated heterocycles. The standard InChI is InChI=1S/C23H38N4O/c1-3-28-22-12-16-27(17-13-22)23(24-2)25-18-20-8-10-21(11-9-20)19-26-14-6-4-5-7-15-26/h8-11,22H,3-7,12-19H2,1-2H3,(H,24,25). The molecule has 28 heavy (non-hydrogen) atoms. The molecule has 5 heteroatoms. The Morgan fingerprint density at radius 2 is 1.64 bits per heavy atom. The topological polar surface area (TPSA) is 40.1 Å². The van der Waals surface area contributed by atoms with Crippen molar-refractivity contribution in [2.45, 2.75) is 64.6 Å². The van der Waals surface area contributed by atoms with E-state index in [0.717, 1.165) is 51.6 Å². The van der Waals surface area contributed by atoms with Crippen LogP contribution in [0.5, 0.6) is 0 Å². The molecule has 2 aliphatic heterocycles. The molecule has 0 saturated carbocycles. The Morgan fingerprint density at radius 3 is 2.25 bits per heavy atom. The molecule has 0 bridgehead atoms. The van der Waals surface area contributed by atoms with Crippen LogP contribution in [0.3, 0.4) is 0 Å². The molecule has 0 aromatic heterocycles. The maximum atomic E-state index is 5.76. The largest absolute Gasteiger partial charge is 0.378 e. The molecule has 5 nitrogen and oxygen atoms in total. The number of piperidine rings is 1. The lowest BCUT2D eigenvalue weighted by Gasteiger charge is -2.34. The van der Waals surface area contributed by atoms with Crippen LogP contribution in [0.1, 0.15) is 56.6 Å². The Morgan fingerprint density at radius 1 is 1.00 bits per heavy atom. The highest BCUT2D eigenvalue weighted by Crippen LogP contribution is 2.15. The number of aliphatic imine (C=N–C) groups is 1. The van der Waals surface area contributed by atoms with Gasteiger partial charge in [0.25, 0.3) is 0 Å². The van der Waals surface area contributed by atoms with Gasteiger partial charge in [-0.05, 0) is 56.8 Å². The van der Waals surface area contributed by atoms with Crippen molar-refractivity contribution < 1.29 is 4.74 Å². The number of hydrogen-bond donors (Lipinski definition) is 1. The Balaban J connectivity index is 1.44. The molecule has 1 aromatic carbocycles. The number of likely N-dealkylation sites (tertiary alicyclic amines) is 2. The lowest BCUT2D eigenvalue weighted by molar-refractivity contribution is 0.0263. The summed E-state index contributed by atoms with van der Waals surface area (Å²) in [5.74, 6) is 1.00. The molecular weight excluding hydrogens is 348 g/mol. The SMILES string of the molecule is CCOC1CCN(C(=NC)NCc2ccc(CN3CCCCCC3)cc2)CC1. The predicted octanol–water partition coefficient (Wildman–Crippen LogP) is 3.64.